The van der Waals surface area contributed by atoms with E-state index < -0.39 is 0 Å². The zero-order valence-corrected chi connectivity index (χ0v) is 12.0. The van der Waals surface area contributed by atoms with Crippen molar-refractivity contribution in [3.05, 3.63) is 59.7 Å². The van der Waals surface area contributed by atoms with E-state index in [0.29, 0.717) is 0 Å². The number of benzene rings is 2. The van der Waals surface area contributed by atoms with E-state index in [-0.39, 0.29) is 6.61 Å². The Morgan fingerprint density at radius 3 is 2.45 bits per heavy atom. The second kappa shape index (κ2) is 6.96. The molecule has 0 fully saturated rings. The Kier molecular flexibility index (Phi) is 5.02. The number of methoxy groups -OCH3 is 1. The molecule has 0 amide bonds. The van der Waals surface area contributed by atoms with Gasteiger partial charge < -0.3 is 14.7 Å². The van der Waals surface area contributed by atoms with E-state index in [2.05, 4.69) is 24.0 Å². The van der Waals surface area contributed by atoms with Crippen molar-refractivity contribution >= 4 is 5.69 Å². The summed E-state index contributed by atoms with van der Waals surface area (Å²) in [6.45, 7) is 3.86. The van der Waals surface area contributed by atoms with Gasteiger partial charge in [-0.25, -0.2) is 0 Å². The van der Waals surface area contributed by atoms with Crippen LogP contribution in [-0.2, 0) is 13.2 Å². The minimum Gasteiger partial charge on any atom is -0.496 e. The second-order valence-electron chi connectivity index (χ2n) is 4.65. The van der Waals surface area contributed by atoms with Crippen LogP contribution in [0.2, 0.25) is 0 Å². The number of para-hydroxylation sites is 1. The topological polar surface area (TPSA) is 32.7 Å². The molecule has 0 aliphatic heterocycles. The SMILES string of the molecule is CCN(Cc1cc(CO)ccc1OC)c1ccccc1. The number of ether oxygens (including phenoxy) is 1. The van der Waals surface area contributed by atoms with Gasteiger partial charge in [-0.05, 0) is 36.8 Å². The summed E-state index contributed by atoms with van der Waals surface area (Å²) in [7, 11) is 1.68. The van der Waals surface area contributed by atoms with Crippen LogP contribution in [0.25, 0.3) is 0 Å². The number of hydrogen-bond acceptors (Lipinski definition) is 3. The minimum absolute atomic E-state index is 0.0501. The van der Waals surface area contributed by atoms with E-state index in [4.69, 9.17) is 4.74 Å². The molecule has 2 aromatic rings. The highest BCUT2D eigenvalue weighted by atomic mass is 16.5. The number of anilines is 1. The van der Waals surface area contributed by atoms with Crippen molar-refractivity contribution in [1.29, 1.82) is 0 Å². The predicted octanol–water partition coefficient (Wildman–Crippen LogP) is 3.21. The fraction of sp³-hybridized carbons (Fsp3) is 0.294. The number of aliphatic hydroxyl groups excluding tert-OH is 1. The zero-order chi connectivity index (χ0) is 14.4. The van der Waals surface area contributed by atoms with E-state index in [1.165, 1.54) is 5.69 Å². The Bertz CT molecular complexity index is 540. The Morgan fingerprint density at radius 2 is 1.85 bits per heavy atom. The molecule has 0 aliphatic carbocycles. The van der Waals surface area contributed by atoms with Gasteiger partial charge in [-0.15, -0.1) is 0 Å². The van der Waals surface area contributed by atoms with Crippen LogP contribution >= 0.6 is 0 Å². The van der Waals surface area contributed by atoms with E-state index in [0.717, 1.165) is 30.0 Å². The average molecular weight is 271 g/mol. The van der Waals surface area contributed by atoms with Crippen LogP contribution in [0.1, 0.15) is 18.1 Å². The number of rotatable bonds is 6. The van der Waals surface area contributed by atoms with E-state index >= 15 is 0 Å². The van der Waals surface area contributed by atoms with Gasteiger partial charge in [-0.1, -0.05) is 24.3 Å². The van der Waals surface area contributed by atoms with Crippen LogP contribution in [-0.4, -0.2) is 18.8 Å². The van der Waals surface area contributed by atoms with Gasteiger partial charge in [0.05, 0.1) is 13.7 Å². The van der Waals surface area contributed by atoms with Gasteiger partial charge in [0.2, 0.25) is 0 Å². The molecule has 20 heavy (non-hydrogen) atoms. The summed E-state index contributed by atoms with van der Waals surface area (Å²) in [4.78, 5) is 2.28. The monoisotopic (exact) mass is 271 g/mol. The molecule has 1 N–H and O–H groups in total. The third-order valence-corrected chi connectivity index (χ3v) is 3.39. The Balaban J connectivity index is 2.27. The summed E-state index contributed by atoms with van der Waals surface area (Å²) >= 11 is 0. The number of hydrogen-bond donors (Lipinski definition) is 1. The maximum Gasteiger partial charge on any atom is 0.123 e. The Labute approximate surface area is 120 Å². The van der Waals surface area contributed by atoms with Gasteiger partial charge in [0.1, 0.15) is 5.75 Å². The maximum atomic E-state index is 9.28. The summed E-state index contributed by atoms with van der Waals surface area (Å²) < 4.78 is 5.42. The molecule has 0 spiro atoms. The normalized spacial score (nSPS) is 10.3. The summed E-state index contributed by atoms with van der Waals surface area (Å²) in [5, 5.41) is 9.28. The molecule has 2 rings (SSSR count). The van der Waals surface area contributed by atoms with Crippen LogP contribution in [0, 0.1) is 0 Å². The maximum absolute atomic E-state index is 9.28. The lowest BCUT2D eigenvalue weighted by atomic mass is 10.1. The third kappa shape index (κ3) is 3.31. The molecule has 0 bridgehead atoms. The first-order valence-corrected chi connectivity index (χ1v) is 6.85. The van der Waals surface area contributed by atoms with Crippen LogP contribution < -0.4 is 9.64 Å². The Morgan fingerprint density at radius 1 is 1.10 bits per heavy atom. The van der Waals surface area contributed by atoms with Crippen molar-refractivity contribution in [3.63, 3.8) is 0 Å². The molecule has 0 heterocycles. The van der Waals surface area contributed by atoms with Gasteiger partial charge in [0, 0.05) is 24.3 Å². The van der Waals surface area contributed by atoms with Gasteiger partial charge in [-0.2, -0.15) is 0 Å². The summed E-state index contributed by atoms with van der Waals surface area (Å²) in [6, 6.07) is 16.1. The van der Waals surface area contributed by atoms with Gasteiger partial charge in [0.25, 0.3) is 0 Å². The largest absolute Gasteiger partial charge is 0.496 e. The smallest absolute Gasteiger partial charge is 0.123 e. The molecular formula is C17H21NO2. The summed E-state index contributed by atoms with van der Waals surface area (Å²) in [5.41, 5.74) is 3.18. The molecule has 0 unspecified atom stereocenters. The minimum atomic E-state index is 0.0501. The Hall–Kier alpha value is -2.00. The molecule has 3 heteroatoms. The van der Waals surface area contributed by atoms with Crippen LogP contribution in [0.4, 0.5) is 5.69 Å². The third-order valence-electron chi connectivity index (χ3n) is 3.39. The fourth-order valence-electron chi connectivity index (χ4n) is 2.28. The highest BCUT2D eigenvalue weighted by molar-refractivity contribution is 5.48. The first-order valence-electron chi connectivity index (χ1n) is 6.85. The molecule has 2 aromatic carbocycles. The molecule has 0 atom stereocenters. The van der Waals surface area contributed by atoms with Crippen molar-refractivity contribution < 1.29 is 9.84 Å². The van der Waals surface area contributed by atoms with E-state index in [9.17, 15) is 5.11 Å². The zero-order valence-electron chi connectivity index (χ0n) is 12.0. The molecule has 0 saturated heterocycles. The van der Waals surface area contributed by atoms with Crippen molar-refractivity contribution in [3.8, 4) is 5.75 Å². The lowest BCUT2D eigenvalue weighted by Gasteiger charge is -2.24. The summed E-state index contributed by atoms with van der Waals surface area (Å²) in [6.07, 6.45) is 0. The van der Waals surface area contributed by atoms with Crippen LogP contribution in [0.5, 0.6) is 5.75 Å². The molecule has 3 nitrogen and oxygen atoms in total. The van der Waals surface area contributed by atoms with E-state index in [1.807, 2.05) is 36.4 Å². The highest BCUT2D eigenvalue weighted by Crippen LogP contribution is 2.24. The van der Waals surface area contributed by atoms with Crippen molar-refractivity contribution in [2.24, 2.45) is 0 Å². The standard InChI is InChI=1S/C17H21NO2/c1-3-18(16-7-5-4-6-8-16)12-15-11-14(13-19)9-10-17(15)20-2/h4-11,19H,3,12-13H2,1-2H3. The second-order valence-corrected chi connectivity index (χ2v) is 4.65. The molecule has 0 saturated carbocycles. The van der Waals surface area contributed by atoms with E-state index in [1.54, 1.807) is 7.11 Å². The predicted molar refractivity (Wildman–Crippen MR) is 82.1 cm³/mol. The number of nitrogens with zero attached hydrogens (tertiary/aromatic N) is 1. The summed E-state index contributed by atoms with van der Waals surface area (Å²) in [5.74, 6) is 0.858. The van der Waals surface area contributed by atoms with Crippen LogP contribution in [0.3, 0.4) is 0 Å². The molecule has 0 aromatic heterocycles. The molecule has 0 aliphatic rings. The quantitative estimate of drug-likeness (QED) is 0.875. The molecular weight excluding hydrogens is 250 g/mol. The van der Waals surface area contributed by atoms with Crippen LogP contribution in [0.15, 0.2) is 48.5 Å². The average Bonchev–Trinajstić information content (AvgIpc) is 2.53. The number of aliphatic hydroxyl groups is 1. The van der Waals surface area contributed by atoms with Crippen molar-refractivity contribution in [1.82, 2.24) is 0 Å². The highest BCUT2D eigenvalue weighted by Gasteiger charge is 2.10. The van der Waals surface area contributed by atoms with Gasteiger partial charge >= 0.3 is 0 Å². The van der Waals surface area contributed by atoms with Crippen molar-refractivity contribution in [2.45, 2.75) is 20.1 Å². The lowest BCUT2D eigenvalue weighted by Crippen LogP contribution is -2.22. The van der Waals surface area contributed by atoms with Crippen molar-refractivity contribution in [2.75, 3.05) is 18.6 Å². The van der Waals surface area contributed by atoms with Gasteiger partial charge in [0.15, 0.2) is 0 Å². The lowest BCUT2D eigenvalue weighted by molar-refractivity contribution is 0.281. The first kappa shape index (κ1) is 14.4. The molecule has 0 radical (unpaired) electrons. The first-order chi connectivity index (χ1) is 9.78. The fourth-order valence-corrected chi connectivity index (χ4v) is 2.28. The van der Waals surface area contributed by atoms with Gasteiger partial charge in [-0.3, -0.25) is 0 Å². The molecule has 106 valence electrons.